The van der Waals surface area contributed by atoms with E-state index >= 15 is 0 Å². The van der Waals surface area contributed by atoms with E-state index in [4.69, 9.17) is 10.5 Å². The summed E-state index contributed by atoms with van der Waals surface area (Å²) in [6.07, 6.45) is 3.50. The van der Waals surface area contributed by atoms with Crippen molar-refractivity contribution in [3.05, 3.63) is 53.5 Å². The van der Waals surface area contributed by atoms with Crippen molar-refractivity contribution in [1.29, 1.82) is 0 Å². The van der Waals surface area contributed by atoms with Crippen LogP contribution in [0.15, 0.2) is 47.3 Å². The average molecular weight is 410 g/mol. The van der Waals surface area contributed by atoms with Crippen LogP contribution in [0.25, 0.3) is 11.2 Å². The first-order chi connectivity index (χ1) is 13.9. The number of nitrogens with zero attached hydrogens (tertiary/aromatic N) is 4. The summed E-state index contributed by atoms with van der Waals surface area (Å²) in [4.78, 5) is 4.49. The van der Waals surface area contributed by atoms with E-state index < -0.39 is 0 Å². The van der Waals surface area contributed by atoms with Gasteiger partial charge in [-0.25, -0.2) is 0 Å². The molecule has 0 fully saturated rings. The first-order valence-corrected chi connectivity index (χ1v) is 9.98. The zero-order valence-electron chi connectivity index (χ0n) is 17.2. The fourth-order valence-corrected chi connectivity index (χ4v) is 3.37. The third kappa shape index (κ3) is 4.57. The highest BCUT2D eigenvalue weighted by molar-refractivity contribution is 7.27. The molecule has 29 heavy (non-hydrogen) atoms. The summed E-state index contributed by atoms with van der Waals surface area (Å²) in [5.41, 5.74) is 10.4. The Morgan fingerprint density at radius 1 is 1.34 bits per heavy atom. The van der Waals surface area contributed by atoms with Crippen LogP contribution in [0.4, 0.5) is 5.82 Å². The van der Waals surface area contributed by atoms with Gasteiger partial charge in [-0.1, -0.05) is 12.1 Å². The number of aromatic nitrogens is 3. The van der Waals surface area contributed by atoms with Crippen LogP contribution in [0.5, 0.6) is 5.75 Å². The van der Waals surface area contributed by atoms with E-state index in [0.29, 0.717) is 12.2 Å². The molecule has 0 radical (unpaired) electrons. The van der Waals surface area contributed by atoms with E-state index in [-0.39, 0.29) is 6.04 Å². The number of hydrogen-bond donors (Lipinski definition) is 2. The molecule has 0 saturated carbocycles. The standard InChI is InChI=1S/C21H27N6OP/c1-13(2)23-10-16(14(3)22)15-8-9-20(27-12-25-26-21(15)27)24-11-17-18(28-4)6-5-7-19(17)29/h5-10,12-13,24H,11,22,29H2,1-4H3. The predicted molar refractivity (Wildman–Crippen MR) is 123 cm³/mol. The molecule has 0 bridgehead atoms. The second kappa shape index (κ2) is 9.05. The second-order valence-corrected chi connectivity index (χ2v) is 7.63. The lowest BCUT2D eigenvalue weighted by molar-refractivity contribution is 0.411. The molecule has 0 saturated heterocycles. The van der Waals surface area contributed by atoms with Gasteiger partial charge in [0.05, 0.1) is 7.11 Å². The Kier molecular flexibility index (Phi) is 6.49. The molecule has 8 heteroatoms. The summed E-state index contributed by atoms with van der Waals surface area (Å²) < 4.78 is 7.41. The second-order valence-electron chi connectivity index (χ2n) is 7.01. The Morgan fingerprint density at radius 3 is 2.83 bits per heavy atom. The number of nitrogens with two attached hydrogens (primary N) is 1. The lowest BCUT2D eigenvalue weighted by Crippen LogP contribution is -2.12. The molecule has 1 atom stereocenters. The van der Waals surface area contributed by atoms with E-state index in [1.807, 2.05) is 61.7 Å². The van der Waals surface area contributed by atoms with Gasteiger partial charge in [0.1, 0.15) is 17.9 Å². The van der Waals surface area contributed by atoms with E-state index in [9.17, 15) is 0 Å². The van der Waals surface area contributed by atoms with Gasteiger partial charge in [0, 0.05) is 41.2 Å². The number of methoxy groups -OCH3 is 1. The average Bonchev–Trinajstić information content (AvgIpc) is 3.17. The van der Waals surface area contributed by atoms with E-state index in [1.54, 1.807) is 13.4 Å². The number of fused-ring (bicyclic) bond motifs is 1. The molecule has 3 N–H and O–H groups in total. The fourth-order valence-electron chi connectivity index (χ4n) is 3.02. The summed E-state index contributed by atoms with van der Waals surface area (Å²) >= 11 is 0. The SMILES string of the molecule is COc1cccc(P)c1CNc1ccc(C(C=NC(C)C)=C(C)N)c2nncn12. The highest BCUT2D eigenvalue weighted by atomic mass is 31.0. The molecule has 1 aromatic carbocycles. The smallest absolute Gasteiger partial charge is 0.170 e. The van der Waals surface area contributed by atoms with Crippen LogP contribution in [-0.2, 0) is 6.54 Å². The third-order valence-electron chi connectivity index (χ3n) is 4.51. The maximum Gasteiger partial charge on any atom is 0.170 e. The van der Waals surface area contributed by atoms with Gasteiger partial charge in [-0.3, -0.25) is 9.39 Å². The molecule has 3 aromatic rings. The number of benzene rings is 1. The number of rotatable bonds is 7. The van der Waals surface area contributed by atoms with Crippen LogP contribution < -0.4 is 21.1 Å². The molecule has 0 aliphatic carbocycles. The molecule has 2 heterocycles. The Morgan fingerprint density at radius 2 is 2.14 bits per heavy atom. The number of nitrogens with one attached hydrogen (secondary N) is 1. The number of aliphatic imine (C=N–C) groups is 1. The summed E-state index contributed by atoms with van der Waals surface area (Å²) in [5.74, 6) is 1.72. The van der Waals surface area contributed by atoms with Crippen LogP contribution >= 0.6 is 9.24 Å². The molecule has 0 spiro atoms. The Labute approximate surface area is 173 Å². The largest absolute Gasteiger partial charge is 0.496 e. The lowest BCUT2D eigenvalue weighted by atomic mass is 10.1. The maximum atomic E-state index is 6.14. The highest BCUT2D eigenvalue weighted by Gasteiger charge is 2.13. The lowest BCUT2D eigenvalue weighted by Gasteiger charge is -2.15. The van der Waals surface area contributed by atoms with Crippen molar-refractivity contribution in [2.75, 3.05) is 12.4 Å². The summed E-state index contributed by atoms with van der Waals surface area (Å²) in [6.45, 7) is 6.52. The van der Waals surface area contributed by atoms with Crippen LogP contribution in [0.2, 0.25) is 0 Å². The number of allylic oxidation sites excluding steroid dienone is 2. The molecule has 152 valence electrons. The third-order valence-corrected chi connectivity index (χ3v) is 5.05. The van der Waals surface area contributed by atoms with Crippen molar-refractivity contribution in [2.45, 2.75) is 33.4 Å². The topological polar surface area (TPSA) is 89.8 Å². The predicted octanol–water partition coefficient (Wildman–Crippen LogP) is 3.02. The Bertz CT molecular complexity index is 1070. The van der Waals surface area contributed by atoms with Crippen molar-refractivity contribution >= 4 is 37.8 Å². The van der Waals surface area contributed by atoms with Crippen molar-refractivity contribution < 1.29 is 4.74 Å². The fraction of sp³-hybridized carbons (Fsp3) is 0.286. The molecule has 7 nitrogen and oxygen atoms in total. The van der Waals surface area contributed by atoms with Crippen molar-refractivity contribution in [3.8, 4) is 5.75 Å². The molecule has 0 aliphatic heterocycles. The zero-order chi connectivity index (χ0) is 21.0. The highest BCUT2D eigenvalue weighted by Crippen LogP contribution is 2.24. The minimum absolute atomic E-state index is 0.182. The molecular formula is C21H27N6OP. The van der Waals surface area contributed by atoms with Gasteiger partial charge in [0.25, 0.3) is 0 Å². The molecular weight excluding hydrogens is 383 g/mol. The van der Waals surface area contributed by atoms with Crippen LogP contribution in [0.3, 0.4) is 0 Å². The van der Waals surface area contributed by atoms with Gasteiger partial charge >= 0.3 is 0 Å². The number of pyridine rings is 1. The van der Waals surface area contributed by atoms with Crippen molar-refractivity contribution in [1.82, 2.24) is 14.6 Å². The molecule has 0 amide bonds. The molecule has 1 unspecified atom stereocenters. The van der Waals surface area contributed by atoms with Gasteiger partial charge in [-0.2, -0.15) is 0 Å². The van der Waals surface area contributed by atoms with Gasteiger partial charge in [-0.05, 0) is 44.3 Å². The minimum atomic E-state index is 0.182. The number of hydrogen-bond acceptors (Lipinski definition) is 6. The number of ether oxygens (including phenoxy) is 1. The first-order valence-electron chi connectivity index (χ1n) is 9.40. The van der Waals surface area contributed by atoms with Gasteiger partial charge in [0.2, 0.25) is 0 Å². The maximum absolute atomic E-state index is 6.14. The van der Waals surface area contributed by atoms with E-state index in [1.165, 1.54) is 0 Å². The van der Waals surface area contributed by atoms with Crippen molar-refractivity contribution in [2.24, 2.45) is 10.7 Å². The number of anilines is 1. The van der Waals surface area contributed by atoms with Gasteiger partial charge in [0.15, 0.2) is 5.65 Å². The van der Waals surface area contributed by atoms with Gasteiger partial charge < -0.3 is 15.8 Å². The van der Waals surface area contributed by atoms with E-state index in [0.717, 1.165) is 39.2 Å². The normalized spacial score (nSPS) is 12.6. The molecule has 2 aromatic heterocycles. The summed E-state index contributed by atoms with van der Waals surface area (Å²) in [7, 11) is 4.43. The zero-order valence-corrected chi connectivity index (χ0v) is 18.3. The first kappa shape index (κ1) is 20.8. The Hall–Kier alpha value is -2.92. The Balaban J connectivity index is 1.97. The van der Waals surface area contributed by atoms with Crippen LogP contribution in [-0.4, -0.2) is 34.0 Å². The molecule has 3 rings (SSSR count). The van der Waals surface area contributed by atoms with Gasteiger partial charge in [-0.15, -0.1) is 19.4 Å². The van der Waals surface area contributed by atoms with Crippen LogP contribution in [0.1, 0.15) is 31.9 Å². The van der Waals surface area contributed by atoms with Crippen molar-refractivity contribution in [3.63, 3.8) is 0 Å². The minimum Gasteiger partial charge on any atom is -0.496 e. The molecule has 0 aliphatic rings. The van der Waals surface area contributed by atoms with Crippen LogP contribution in [0, 0.1) is 0 Å². The monoisotopic (exact) mass is 410 g/mol. The van der Waals surface area contributed by atoms with E-state index in [2.05, 4.69) is 29.7 Å². The summed E-state index contributed by atoms with van der Waals surface area (Å²) in [5, 5.41) is 13.0. The quantitative estimate of drug-likeness (QED) is 0.462. The summed E-state index contributed by atoms with van der Waals surface area (Å²) in [6, 6.07) is 10.1.